The van der Waals surface area contributed by atoms with Gasteiger partial charge >= 0.3 is 0 Å². The molecule has 6 heteroatoms. The van der Waals surface area contributed by atoms with E-state index in [1.165, 1.54) is 6.07 Å². The van der Waals surface area contributed by atoms with E-state index in [1.54, 1.807) is 12.1 Å². The summed E-state index contributed by atoms with van der Waals surface area (Å²) < 4.78 is 0. The van der Waals surface area contributed by atoms with Crippen LogP contribution in [0.2, 0.25) is 0 Å². The first-order chi connectivity index (χ1) is 10.1. The van der Waals surface area contributed by atoms with Gasteiger partial charge in [0.05, 0.1) is 11.0 Å². The van der Waals surface area contributed by atoms with Crippen molar-refractivity contribution in [3.63, 3.8) is 0 Å². The number of hydrogen-bond acceptors (Lipinski definition) is 5. The number of anilines is 1. The maximum atomic E-state index is 11.0. The Kier molecular flexibility index (Phi) is 3.82. The van der Waals surface area contributed by atoms with Crippen LogP contribution in [-0.4, -0.2) is 40.2 Å². The molecule has 0 aromatic heterocycles. The maximum Gasteiger partial charge on any atom is 0.269 e. The number of nitro benzene ring substituents is 1. The molecule has 2 unspecified atom stereocenters. The third-order valence-electron chi connectivity index (χ3n) is 4.78. The van der Waals surface area contributed by atoms with Gasteiger partial charge in [0.1, 0.15) is 0 Å². The van der Waals surface area contributed by atoms with Gasteiger partial charge in [0.2, 0.25) is 0 Å². The third-order valence-corrected chi connectivity index (χ3v) is 4.78. The fraction of sp³-hybridized carbons (Fsp3) is 0.600. The highest BCUT2D eigenvalue weighted by Gasteiger charge is 2.40. The fourth-order valence-electron chi connectivity index (χ4n) is 3.77. The molecular formula is C15H21N3O3. The predicted molar refractivity (Wildman–Crippen MR) is 80.2 cm³/mol. The number of hydrogen-bond donors (Lipinski definition) is 2. The van der Waals surface area contributed by atoms with E-state index in [1.807, 2.05) is 7.05 Å². The molecule has 1 aromatic carbocycles. The van der Waals surface area contributed by atoms with E-state index in [0.717, 1.165) is 36.9 Å². The highest BCUT2D eigenvalue weighted by Crippen LogP contribution is 2.38. The molecule has 2 heterocycles. The van der Waals surface area contributed by atoms with Crippen molar-refractivity contribution >= 4 is 11.4 Å². The summed E-state index contributed by atoms with van der Waals surface area (Å²) in [6, 6.07) is 5.78. The monoisotopic (exact) mass is 291 g/mol. The number of rotatable bonds is 4. The zero-order chi connectivity index (χ0) is 15.0. The van der Waals surface area contributed by atoms with Crippen LogP contribution in [-0.2, 0) is 6.54 Å². The highest BCUT2D eigenvalue weighted by molar-refractivity contribution is 5.55. The summed E-state index contributed by atoms with van der Waals surface area (Å²) in [6.45, 7) is 0.708. The van der Waals surface area contributed by atoms with Crippen molar-refractivity contribution in [1.29, 1.82) is 0 Å². The molecule has 2 atom stereocenters. The first kappa shape index (κ1) is 14.3. The molecule has 114 valence electrons. The van der Waals surface area contributed by atoms with Crippen LogP contribution >= 0.6 is 0 Å². The predicted octanol–water partition coefficient (Wildman–Crippen LogP) is 2.12. The molecule has 2 aliphatic heterocycles. The topological polar surface area (TPSA) is 78.6 Å². The van der Waals surface area contributed by atoms with Gasteiger partial charge < -0.3 is 10.4 Å². The van der Waals surface area contributed by atoms with Crippen LogP contribution in [0, 0.1) is 10.1 Å². The lowest BCUT2D eigenvalue weighted by Crippen LogP contribution is -2.44. The van der Waals surface area contributed by atoms with Gasteiger partial charge in [-0.3, -0.25) is 15.0 Å². The molecule has 21 heavy (non-hydrogen) atoms. The van der Waals surface area contributed by atoms with Gasteiger partial charge in [0, 0.05) is 43.5 Å². The van der Waals surface area contributed by atoms with Crippen molar-refractivity contribution in [2.45, 2.75) is 50.4 Å². The average molecular weight is 291 g/mol. The summed E-state index contributed by atoms with van der Waals surface area (Å²) in [5.41, 5.74) is 2.03. The Labute approximate surface area is 123 Å². The second-order valence-corrected chi connectivity index (χ2v) is 6.03. The normalized spacial score (nSPS) is 28.6. The molecule has 1 aromatic rings. The molecule has 0 spiro atoms. The van der Waals surface area contributed by atoms with Crippen LogP contribution < -0.4 is 5.32 Å². The molecule has 6 nitrogen and oxygen atoms in total. The van der Waals surface area contributed by atoms with E-state index in [4.69, 9.17) is 0 Å². The first-order valence-corrected chi connectivity index (χ1v) is 7.47. The highest BCUT2D eigenvalue weighted by atomic mass is 16.6. The molecular weight excluding hydrogens is 270 g/mol. The van der Waals surface area contributed by atoms with Crippen LogP contribution in [0.3, 0.4) is 0 Å². The fourth-order valence-corrected chi connectivity index (χ4v) is 3.77. The van der Waals surface area contributed by atoms with E-state index < -0.39 is 0 Å². The minimum absolute atomic E-state index is 0.133. The smallest absolute Gasteiger partial charge is 0.269 e. The largest absolute Gasteiger partial charge is 0.393 e. The Morgan fingerprint density at radius 3 is 2.62 bits per heavy atom. The molecule has 2 fully saturated rings. The number of nitrogens with one attached hydrogen (secondary N) is 1. The Morgan fingerprint density at radius 1 is 1.38 bits per heavy atom. The summed E-state index contributed by atoms with van der Waals surface area (Å²) in [6.07, 6.45) is 3.69. The maximum absolute atomic E-state index is 11.0. The number of non-ortho nitro benzene ring substituents is 1. The van der Waals surface area contributed by atoms with Crippen molar-refractivity contribution in [2.75, 3.05) is 12.4 Å². The van der Waals surface area contributed by atoms with Crippen molar-refractivity contribution < 1.29 is 10.0 Å². The van der Waals surface area contributed by atoms with Gasteiger partial charge in [-0.1, -0.05) is 0 Å². The zero-order valence-electron chi connectivity index (χ0n) is 12.2. The van der Waals surface area contributed by atoms with E-state index in [9.17, 15) is 15.2 Å². The van der Waals surface area contributed by atoms with Gasteiger partial charge in [-0.2, -0.15) is 0 Å². The third kappa shape index (κ3) is 2.73. The number of aliphatic hydroxyl groups is 1. The number of nitrogens with zero attached hydrogens (tertiary/aromatic N) is 2. The number of fused-ring (bicyclic) bond motifs is 2. The van der Waals surface area contributed by atoms with Crippen molar-refractivity contribution in [1.82, 2.24) is 4.90 Å². The summed E-state index contributed by atoms with van der Waals surface area (Å²) in [4.78, 5) is 13.0. The van der Waals surface area contributed by atoms with Crippen LogP contribution in [0.15, 0.2) is 18.2 Å². The molecule has 3 rings (SSSR count). The SMILES string of the molecule is CNc1ccc([N+](=O)[O-])cc1CN1C2CCC1CC(O)C2. The summed E-state index contributed by atoms with van der Waals surface area (Å²) in [5, 5.41) is 23.9. The summed E-state index contributed by atoms with van der Waals surface area (Å²) in [5.74, 6) is 0. The van der Waals surface area contributed by atoms with Crippen LogP contribution in [0.1, 0.15) is 31.2 Å². The molecule has 2 N–H and O–H groups in total. The number of piperidine rings is 1. The van der Waals surface area contributed by atoms with E-state index in [2.05, 4.69) is 10.2 Å². The molecule has 0 amide bonds. The lowest BCUT2D eigenvalue weighted by atomic mass is 9.98. The summed E-state index contributed by atoms with van der Waals surface area (Å²) in [7, 11) is 1.83. The molecule has 0 radical (unpaired) electrons. The van der Waals surface area contributed by atoms with Crippen molar-refractivity contribution in [3.8, 4) is 0 Å². The summed E-state index contributed by atoms with van der Waals surface area (Å²) >= 11 is 0. The Bertz CT molecular complexity index is 535. The molecule has 2 bridgehead atoms. The van der Waals surface area contributed by atoms with Gasteiger partial charge in [0.25, 0.3) is 5.69 Å². The minimum atomic E-state index is -0.350. The van der Waals surface area contributed by atoms with Crippen molar-refractivity contribution in [2.24, 2.45) is 0 Å². The average Bonchev–Trinajstić information content (AvgIpc) is 2.70. The van der Waals surface area contributed by atoms with Gasteiger partial charge in [-0.15, -0.1) is 0 Å². The van der Waals surface area contributed by atoms with E-state index >= 15 is 0 Å². The lowest BCUT2D eigenvalue weighted by molar-refractivity contribution is -0.384. The quantitative estimate of drug-likeness (QED) is 0.656. The van der Waals surface area contributed by atoms with Gasteiger partial charge in [0.15, 0.2) is 0 Å². The standard InChI is InChI=1S/C15H21N3O3/c1-16-15-5-4-13(18(20)21)6-10(15)9-17-11-2-3-12(17)8-14(19)7-11/h4-6,11-12,14,16,19H,2-3,7-9H2,1H3. The van der Waals surface area contributed by atoms with Gasteiger partial charge in [-0.05, 0) is 37.3 Å². The Morgan fingerprint density at radius 2 is 2.05 bits per heavy atom. The number of benzene rings is 1. The minimum Gasteiger partial charge on any atom is -0.393 e. The number of aliphatic hydroxyl groups excluding tert-OH is 1. The van der Waals surface area contributed by atoms with Gasteiger partial charge in [-0.25, -0.2) is 0 Å². The zero-order valence-corrected chi connectivity index (χ0v) is 12.2. The second kappa shape index (κ2) is 5.61. The van der Waals surface area contributed by atoms with Crippen LogP contribution in [0.25, 0.3) is 0 Å². The molecule has 2 saturated heterocycles. The number of nitro groups is 1. The van der Waals surface area contributed by atoms with E-state index in [-0.39, 0.29) is 16.7 Å². The van der Waals surface area contributed by atoms with E-state index in [0.29, 0.717) is 18.6 Å². The first-order valence-electron chi connectivity index (χ1n) is 7.47. The second-order valence-electron chi connectivity index (χ2n) is 6.03. The molecule has 2 aliphatic rings. The van der Waals surface area contributed by atoms with Crippen molar-refractivity contribution in [3.05, 3.63) is 33.9 Å². The lowest BCUT2D eigenvalue weighted by Gasteiger charge is -2.37. The Balaban J connectivity index is 1.84. The Hall–Kier alpha value is -1.66. The molecule has 0 aliphatic carbocycles. The molecule has 0 saturated carbocycles. The van der Waals surface area contributed by atoms with Crippen LogP contribution in [0.4, 0.5) is 11.4 Å². The van der Waals surface area contributed by atoms with Crippen LogP contribution in [0.5, 0.6) is 0 Å².